The average molecular weight is 341 g/mol. The predicted octanol–water partition coefficient (Wildman–Crippen LogP) is 0.404. The van der Waals surface area contributed by atoms with Gasteiger partial charge in [0.1, 0.15) is 0 Å². The van der Waals surface area contributed by atoms with Gasteiger partial charge in [-0.2, -0.15) is 0 Å². The zero-order chi connectivity index (χ0) is 15.9. The second kappa shape index (κ2) is 9.12. The van der Waals surface area contributed by atoms with Crippen LogP contribution >= 0.6 is 12.4 Å². The SMILES string of the molecule is Cl.NC(=O)CNC(=O)c1cccc(NC(=O)C2CCCCN2)c1. The van der Waals surface area contributed by atoms with Gasteiger partial charge in [-0.15, -0.1) is 12.4 Å². The van der Waals surface area contributed by atoms with Crippen LogP contribution in [0.1, 0.15) is 29.6 Å². The van der Waals surface area contributed by atoms with E-state index < -0.39 is 11.8 Å². The van der Waals surface area contributed by atoms with E-state index in [1.54, 1.807) is 24.3 Å². The Morgan fingerprint density at radius 1 is 1.26 bits per heavy atom. The van der Waals surface area contributed by atoms with Gasteiger partial charge in [-0.3, -0.25) is 14.4 Å². The number of hydrogen-bond acceptors (Lipinski definition) is 4. The third-order valence-corrected chi connectivity index (χ3v) is 3.44. The molecule has 5 N–H and O–H groups in total. The molecule has 3 amide bonds. The van der Waals surface area contributed by atoms with Crippen molar-refractivity contribution in [1.82, 2.24) is 10.6 Å². The van der Waals surface area contributed by atoms with Crippen molar-refractivity contribution in [1.29, 1.82) is 0 Å². The normalized spacial score (nSPS) is 16.8. The fourth-order valence-corrected chi connectivity index (χ4v) is 2.31. The Kier molecular flexibility index (Phi) is 7.50. The summed E-state index contributed by atoms with van der Waals surface area (Å²) in [7, 11) is 0. The van der Waals surface area contributed by atoms with Crippen molar-refractivity contribution in [2.24, 2.45) is 5.73 Å². The Hall–Kier alpha value is -2.12. The Labute approximate surface area is 140 Å². The summed E-state index contributed by atoms with van der Waals surface area (Å²) in [6.07, 6.45) is 2.92. The van der Waals surface area contributed by atoms with Crippen molar-refractivity contribution < 1.29 is 14.4 Å². The lowest BCUT2D eigenvalue weighted by atomic mass is 10.0. The zero-order valence-electron chi connectivity index (χ0n) is 12.6. The van der Waals surface area contributed by atoms with Crippen LogP contribution in [-0.2, 0) is 9.59 Å². The van der Waals surface area contributed by atoms with Gasteiger partial charge in [-0.05, 0) is 37.6 Å². The third-order valence-electron chi connectivity index (χ3n) is 3.44. The number of nitrogens with one attached hydrogen (secondary N) is 3. The van der Waals surface area contributed by atoms with Gasteiger partial charge in [0, 0.05) is 11.3 Å². The lowest BCUT2D eigenvalue weighted by Gasteiger charge is -2.22. The molecule has 1 fully saturated rings. The largest absolute Gasteiger partial charge is 0.368 e. The maximum atomic E-state index is 12.1. The smallest absolute Gasteiger partial charge is 0.251 e. The van der Waals surface area contributed by atoms with E-state index in [1.165, 1.54) is 0 Å². The van der Waals surface area contributed by atoms with Crippen LogP contribution in [0.2, 0.25) is 0 Å². The fraction of sp³-hybridized carbons (Fsp3) is 0.400. The highest BCUT2D eigenvalue weighted by Gasteiger charge is 2.20. The molecule has 0 aliphatic carbocycles. The molecule has 0 bridgehead atoms. The predicted molar refractivity (Wildman–Crippen MR) is 89.5 cm³/mol. The minimum atomic E-state index is -0.610. The molecule has 1 atom stereocenters. The van der Waals surface area contributed by atoms with Gasteiger partial charge in [0.15, 0.2) is 0 Å². The van der Waals surface area contributed by atoms with Gasteiger partial charge < -0.3 is 21.7 Å². The first-order valence-electron chi connectivity index (χ1n) is 7.27. The standard InChI is InChI=1S/C15H20N4O3.ClH/c16-13(20)9-18-14(21)10-4-3-5-11(8-10)19-15(22)12-6-1-2-7-17-12;/h3-5,8,12,17H,1-2,6-7,9H2,(H2,16,20)(H,18,21)(H,19,22);1H. The van der Waals surface area contributed by atoms with Crippen LogP contribution in [0.3, 0.4) is 0 Å². The van der Waals surface area contributed by atoms with Gasteiger partial charge in [0.05, 0.1) is 12.6 Å². The minimum Gasteiger partial charge on any atom is -0.368 e. The summed E-state index contributed by atoms with van der Waals surface area (Å²) in [6, 6.07) is 6.36. The van der Waals surface area contributed by atoms with Crippen molar-refractivity contribution >= 4 is 35.8 Å². The zero-order valence-corrected chi connectivity index (χ0v) is 13.4. The van der Waals surface area contributed by atoms with Crippen molar-refractivity contribution in [2.45, 2.75) is 25.3 Å². The van der Waals surface area contributed by atoms with Crippen molar-refractivity contribution in [3.63, 3.8) is 0 Å². The van der Waals surface area contributed by atoms with Gasteiger partial charge in [0.2, 0.25) is 11.8 Å². The van der Waals surface area contributed by atoms with Crippen LogP contribution in [0.25, 0.3) is 0 Å². The highest BCUT2D eigenvalue weighted by molar-refractivity contribution is 5.99. The molecule has 1 heterocycles. The van der Waals surface area contributed by atoms with Crippen molar-refractivity contribution in [2.75, 3.05) is 18.4 Å². The number of benzene rings is 1. The molecule has 1 aliphatic rings. The number of nitrogens with two attached hydrogens (primary N) is 1. The van der Waals surface area contributed by atoms with Crippen LogP contribution in [-0.4, -0.2) is 36.9 Å². The third kappa shape index (κ3) is 5.88. The molecule has 1 unspecified atom stereocenters. The monoisotopic (exact) mass is 340 g/mol. The highest BCUT2D eigenvalue weighted by atomic mass is 35.5. The molecule has 0 radical (unpaired) electrons. The van der Waals surface area contributed by atoms with Crippen LogP contribution in [0.15, 0.2) is 24.3 Å². The Balaban J connectivity index is 0.00000264. The lowest BCUT2D eigenvalue weighted by molar-refractivity contribution is -0.118. The summed E-state index contributed by atoms with van der Waals surface area (Å²) in [6.45, 7) is 0.620. The van der Waals surface area contributed by atoms with Crippen molar-refractivity contribution in [3.05, 3.63) is 29.8 Å². The van der Waals surface area contributed by atoms with E-state index in [2.05, 4.69) is 16.0 Å². The summed E-state index contributed by atoms with van der Waals surface area (Å²) in [4.78, 5) is 34.6. The van der Waals surface area contributed by atoms with E-state index >= 15 is 0 Å². The van der Waals surface area contributed by atoms with Crippen LogP contribution in [0, 0.1) is 0 Å². The van der Waals surface area contributed by atoms with E-state index in [9.17, 15) is 14.4 Å². The highest BCUT2D eigenvalue weighted by Crippen LogP contribution is 2.13. The van der Waals surface area contributed by atoms with Crippen LogP contribution in [0.4, 0.5) is 5.69 Å². The number of halogens is 1. The van der Waals surface area contributed by atoms with E-state index in [0.29, 0.717) is 11.3 Å². The second-order valence-corrected chi connectivity index (χ2v) is 5.22. The molecule has 0 saturated carbocycles. The summed E-state index contributed by atoms with van der Waals surface area (Å²) in [5, 5.41) is 8.37. The molecular formula is C15H21ClN4O3. The Morgan fingerprint density at radius 2 is 2.04 bits per heavy atom. The minimum absolute atomic E-state index is 0. The molecule has 1 saturated heterocycles. The van der Waals surface area contributed by atoms with Crippen molar-refractivity contribution in [3.8, 4) is 0 Å². The number of rotatable bonds is 5. The summed E-state index contributed by atoms with van der Waals surface area (Å²) < 4.78 is 0. The molecule has 2 rings (SSSR count). The van der Waals surface area contributed by atoms with Gasteiger partial charge in [-0.25, -0.2) is 0 Å². The number of piperidine rings is 1. The van der Waals surface area contributed by atoms with E-state index in [1.807, 2.05) is 0 Å². The number of carbonyl (C=O) groups excluding carboxylic acids is 3. The molecule has 1 aliphatic heterocycles. The molecule has 7 nitrogen and oxygen atoms in total. The van der Waals surface area contributed by atoms with E-state index in [4.69, 9.17) is 5.73 Å². The molecule has 1 aromatic carbocycles. The summed E-state index contributed by atoms with van der Waals surface area (Å²) >= 11 is 0. The quantitative estimate of drug-likeness (QED) is 0.621. The van der Waals surface area contributed by atoms with Gasteiger partial charge in [-0.1, -0.05) is 12.5 Å². The Bertz CT molecular complexity index is 574. The van der Waals surface area contributed by atoms with Gasteiger partial charge >= 0.3 is 0 Å². The van der Waals surface area contributed by atoms with Crippen LogP contribution in [0.5, 0.6) is 0 Å². The molecular weight excluding hydrogens is 320 g/mol. The number of carbonyl (C=O) groups is 3. The molecule has 1 aromatic rings. The number of hydrogen-bond donors (Lipinski definition) is 4. The van der Waals surface area contributed by atoms with Gasteiger partial charge in [0.25, 0.3) is 5.91 Å². The Morgan fingerprint density at radius 3 is 2.70 bits per heavy atom. The first-order chi connectivity index (χ1) is 10.6. The first kappa shape index (κ1) is 18.9. The van der Waals surface area contributed by atoms with E-state index in [0.717, 1.165) is 25.8 Å². The van der Waals surface area contributed by atoms with Crippen LogP contribution < -0.4 is 21.7 Å². The topological polar surface area (TPSA) is 113 Å². The first-order valence-corrected chi connectivity index (χ1v) is 7.27. The number of primary amides is 1. The molecule has 0 spiro atoms. The lowest BCUT2D eigenvalue weighted by Crippen LogP contribution is -2.43. The molecule has 23 heavy (non-hydrogen) atoms. The fourth-order valence-electron chi connectivity index (χ4n) is 2.31. The number of amides is 3. The second-order valence-electron chi connectivity index (χ2n) is 5.22. The summed E-state index contributed by atoms with van der Waals surface area (Å²) in [5.41, 5.74) is 5.88. The molecule has 126 valence electrons. The molecule has 0 aromatic heterocycles. The summed E-state index contributed by atoms with van der Waals surface area (Å²) in [5.74, 6) is -1.12. The number of anilines is 1. The molecule has 8 heteroatoms. The maximum Gasteiger partial charge on any atom is 0.251 e. The maximum absolute atomic E-state index is 12.1. The van der Waals surface area contributed by atoms with E-state index in [-0.39, 0.29) is 30.9 Å². The average Bonchev–Trinajstić information content (AvgIpc) is 2.53.